The number of aliphatic hydroxyl groups excluding tert-OH is 1. The van der Waals surface area contributed by atoms with E-state index in [0.717, 1.165) is 12.2 Å². The number of nitrogens with one attached hydrogen (secondary N) is 1. The standard InChI is InChI=1S/C10H14N6O/c1-10(2)6(3-7(10)17)12-8-4-11-5-9-13-14-15-16(8)9/h4-7,12,17H,3H2,1-2H3. The summed E-state index contributed by atoms with van der Waals surface area (Å²) in [4.78, 5) is 4.07. The van der Waals surface area contributed by atoms with Crippen molar-refractivity contribution in [3.63, 3.8) is 0 Å². The average Bonchev–Trinajstić information content (AvgIpc) is 2.77. The van der Waals surface area contributed by atoms with E-state index >= 15 is 0 Å². The average molecular weight is 234 g/mol. The fourth-order valence-electron chi connectivity index (χ4n) is 2.10. The van der Waals surface area contributed by atoms with E-state index in [1.165, 1.54) is 0 Å². The van der Waals surface area contributed by atoms with E-state index in [4.69, 9.17) is 0 Å². The van der Waals surface area contributed by atoms with Gasteiger partial charge < -0.3 is 10.4 Å². The number of aromatic nitrogens is 5. The zero-order valence-corrected chi connectivity index (χ0v) is 9.70. The largest absolute Gasteiger partial charge is 0.392 e. The van der Waals surface area contributed by atoms with E-state index in [1.807, 2.05) is 13.8 Å². The van der Waals surface area contributed by atoms with Gasteiger partial charge in [0.05, 0.1) is 18.5 Å². The predicted octanol–water partition coefficient (Wildman–Crippen LogP) is 0.0906. The van der Waals surface area contributed by atoms with Crippen LogP contribution in [0.15, 0.2) is 12.4 Å². The zero-order valence-electron chi connectivity index (χ0n) is 9.70. The molecular weight excluding hydrogens is 220 g/mol. The lowest BCUT2D eigenvalue weighted by Gasteiger charge is -2.49. The fourth-order valence-corrected chi connectivity index (χ4v) is 2.10. The van der Waals surface area contributed by atoms with Gasteiger partial charge in [-0.2, -0.15) is 4.52 Å². The lowest BCUT2D eigenvalue weighted by atomic mass is 9.64. The Balaban J connectivity index is 1.89. The second kappa shape index (κ2) is 3.36. The van der Waals surface area contributed by atoms with Crippen molar-refractivity contribution in [2.24, 2.45) is 5.41 Å². The smallest absolute Gasteiger partial charge is 0.199 e. The second-order valence-electron chi connectivity index (χ2n) is 5.01. The molecular formula is C10H14N6O. The van der Waals surface area contributed by atoms with E-state index in [2.05, 4.69) is 25.8 Å². The van der Waals surface area contributed by atoms with E-state index < -0.39 is 0 Å². The van der Waals surface area contributed by atoms with Gasteiger partial charge in [-0.05, 0) is 16.8 Å². The first-order valence-corrected chi connectivity index (χ1v) is 5.56. The summed E-state index contributed by atoms with van der Waals surface area (Å²) in [5, 5.41) is 24.3. The van der Waals surface area contributed by atoms with Crippen LogP contribution >= 0.6 is 0 Å². The van der Waals surface area contributed by atoms with Gasteiger partial charge in [0.25, 0.3) is 0 Å². The highest BCUT2D eigenvalue weighted by atomic mass is 16.3. The Morgan fingerprint density at radius 3 is 3.00 bits per heavy atom. The van der Waals surface area contributed by atoms with Crippen molar-refractivity contribution in [1.82, 2.24) is 25.0 Å². The SMILES string of the molecule is CC1(C)C(O)CC1Nc1cncc2nnnn12. The minimum absolute atomic E-state index is 0.143. The third-order valence-electron chi connectivity index (χ3n) is 3.65. The number of hydrogen-bond donors (Lipinski definition) is 2. The highest BCUT2D eigenvalue weighted by Crippen LogP contribution is 2.42. The summed E-state index contributed by atoms with van der Waals surface area (Å²) in [5.41, 5.74) is 0.462. The predicted molar refractivity (Wildman–Crippen MR) is 60.4 cm³/mol. The number of tetrazole rings is 1. The van der Waals surface area contributed by atoms with Crippen molar-refractivity contribution >= 4 is 11.5 Å². The first kappa shape index (κ1) is 10.4. The summed E-state index contributed by atoms with van der Waals surface area (Å²) < 4.78 is 1.60. The van der Waals surface area contributed by atoms with Crippen molar-refractivity contribution in [1.29, 1.82) is 0 Å². The van der Waals surface area contributed by atoms with Crippen LogP contribution in [0.2, 0.25) is 0 Å². The maximum Gasteiger partial charge on any atom is 0.199 e. The Morgan fingerprint density at radius 2 is 2.29 bits per heavy atom. The molecule has 17 heavy (non-hydrogen) atoms. The maximum atomic E-state index is 9.69. The van der Waals surface area contributed by atoms with Crippen molar-refractivity contribution in [3.05, 3.63) is 12.4 Å². The number of hydrogen-bond acceptors (Lipinski definition) is 6. The molecule has 2 heterocycles. The molecule has 0 amide bonds. The first-order valence-electron chi connectivity index (χ1n) is 5.56. The summed E-state index contributed by atoms with van der Waals surface area (Å²) >= 11 is 0. The minimum Gasteiger partial charge on any atom is -0.392 e. The quantitative estimate of drug-likeness (QED) is 0.765. The third kappa shape index (κ3) is 1.46. The van der Waals surface area contributed by atoms with Crippen LogP contribution in [0.4, 0.5) is 5.82 Å². The Kier molecular flexibility index (Phi) is 2.06. The molecule has 2 N–H and O–H groups in total. The van der Waals surface area contributed by atoms with E-state index in [-0.39, 0.29) is 17.6 Å². The Morgan fingerprint density at radius 1 is 1.47 bits per heavy atom. The molecule has 0 radical (unpaired) electrons. The lowest BCUT2D eigenvalue weighted by molar-refractivity contribution is -0.0512. The molecule has 2 aromatic rings. The van der Waals surface area contributed by atoms with E-state index in [9.17, 15) is 5.11 Å². The monoisotopic (exact) mass is 234 g/mol. The number of aliphatic hydroxyl groups is 1. The molecule has 1 aliphatic carbocycles. The van der Waals surface area contributed by atoms with Crippen LogP contribution in [-0.4, -0.2) is 42.3 Å². The normalized spacial score (nSPS) is 26.8. The molecule has 2 aromatic heterocycles. The molecule has 0 aromatic carbocycles. The van der Waals surface area contributed by atoms with Gasteiger partial charge in [-0.1, -0.05) is 13.8 Å². The molecule has 1 fully saturated rings. The van der Waals surface area contributed by atoms with Crippen molar-refractivity contribution in [3.8, 4) is 0 Å². The van der Waals surface area contributed by atoms with Crippen LogP contribution in [-0.2, 0) is 0 Å². The maximum absolute atomic E-state index is 9.69. The minimum atomic E-state index is -0.263. The van der Waals surface area contributed by atoms with Crippen LogP contribution in [0.3, 0.4) is 0 Å². The molecule has 90 valence electrons. The summed E-state index contributed by atoms with van der Waals surface area (Å²) in [6.07, 6.45) is 3.75. The molecule has 0 bridgehead atoms. The zero-order chi connectivity index (χ0) is 12.0. The highest BCUT2D eigenvalue weighted by molar-refractivity contribution is 5.45. The molecule has 0 saturated heterocycles. The van der Waals surface area contributed by atoms with Gasteiger partial charge in [-0.25, -0.2) is 0 Å². The summed E-state index contributed by atoms with van der Waals surface area (Å²) in [7, 11) is 0. The fraction of sp³-hybridized carbons (Fsp3) is 0.600. The van der Waals surface area contributed by atoms with Crippen LogP contribution in [0.5, 0.6) is 0 Å². The van der Waals surface area contributed by atoms with Crippen LogP contribution in [0.1, 0.15) is 20.3 Å². The summed E-state index contributed by atoms with van der Waals surface area (Å²) in [6.45, 7) is 4.07. The van der Waals surface area contributed by atoms with Gasteiger partial charge in [-0.3, -0.25) is 4.98 Å². The number of nitrogens with zero attached hydrogens (tertiary/aromatic N) is 5. The molecule has 0 spiro atoms. The van der Waals surface area contributed by atoms with E-state index in [1.54, 1.807) is 16.9 Å². The van der Waals surface area contributed by atoms with Gasteiger partial charge >= 0.3 is 0 Å². The number of rotatable bonds is 2. The molecule has 1 saturated carbocycles. The second-order valence-corrected chi connectivity index (χ2v) is 5.01. The van der Waals surface area contributed by atoms with Gasteiger partial charge in [0.15, 0.2) is 11.5 Å². The van der Waals surface area contributed by atoms with Crippen LogP contribution < -0.4 is 5.32 Å². The van der Waals surface area contributed by atoms with Gasteiger partial charge in [0.1, 0.15) is 0 Å². The summed E-state index contributed by atoms with van der Waals surface area (Å²) in [6, 6.07) is 0.203. The Labute approximate surface area is 97.9 Å². The number of fused-ring (bicyclic) bond motifs is 1. The van der Waals surface area contributed by atoms with Crippen molar-refractivity contribution in [2.45, 2.75) is 32.4 Å². The van der Waals surface area contributed by atoms with Crippen LogP contribution in [0, 0.1) is 5.41 Å². The summed E-state index contributed by atoms with van der Waals surface area (Å²) in [5.74, 6) is 0.748. The molecule has 2 atom stereocenters. The molecule has 0 aliphatic heterocycles. The van der Waals surface area contributed by atoms with Crippen molar-refractivity contribution < 1.29 is 5.11 Å². The van der Waals surface area contributed by atoms with Gasteiger partial charge in [-0.15, -0.1) is 5.10 Å². The Bertz CT molecular complexity index is 550. The molecule has 3 rings (SSSR count). The Hall–Kier alpha value is -1.76. The number of anilines is 1. The van der Waals surface area contributed by atoms with E-state index in [0.29, 0.717) is 5.65 Å². The third-order valence-corrected chi connectivity index (χ3v) is 3.65. The van der Waals surface area contributed by atoms with Gasteiger partial charge in [0.2, 0.25) is 0 Å². The van der Waals surface area contributed by atoms with Crippen molar-refractivity contribution in [2.75, 3.05) is 5.32 Å². The van der Waals surface area contributed by atoms with Gasteiger partial charge in [0, 0.05) is 11.5 Å². The molecule has 7 nitrogen and oxygen atoms in total. The molecule has 1 aliphatic rings. The topological polar surface area (TPSA) is 88.2 Å². The lowest BCUT2D eigenvalue weighted by Crippen LogP contribution is -2.57. The first-order chi connectivity index (χ1) is 8.09. The highest BCUT2D eigenvalue weighted by Gasteiger charge is 2.47. The van der Waals surface area contributed by atoms with Crippen LogP contribution in [0.25, 0.3) is 5.65 Å². The molecule has 2 unspecified atom stereocenters. The molecule has 7 heteroatoms.